The van der Waals surface area contributed by atoms with Crippen LogP contribution in [0.1, 0.15) is 27.2 Å². The van der Waals surface area contributed by atoms with Crippen molar-refractivity contribution in [2.24, 2.45) is 5.41 Å². The molecule has 0 bridgehead atoms. The molecule has 1 aromatic carbocycles. The molecular weight excluding hydrogens is 370 g/mol. The number of amides is 2. The van der Waals surface area contributed by atoms with Gasteiger partial charge in [0.1, 0.15) is 10.4 Å². The summed E-state index contributed by atoms with van der Waals surface area (Å²) in [4.78, 5) is 26.0. The number of rotatable bonds is 6. The zero-order valence-electron chi connectivity index (χ0n) is 14.1. The summed E-state index contributed by atoms with van der Waals surface area (Å²) in [7, 11) is -4.05. The second-order valence-corrected chi connectivity index (χ2v) is 8.36. The Balaban J connectivity index is 2.03. The summed E-state index contributed by atoms with van der Waals surface area (Å²) < 4.78 is 29.3. The molecule has 8 nitrogen and oxygen atoms in total. The molecule has 1 aromatic rings. The van der Waals surface area contributed by atoms with Crippen LogP contribution in [0.3, 0.4) is 0 Å². The lowest BCUT2D eigenvalue weighted by molar-refractivity contribution is -0.147. The molecule has 1 fully saturated rings. The molecule has 138 valence electrons. The number of hydrazine groups is 1. The van der Waals surface area contributed by atoms with Gasteiger partial charge in [-0.05, 0) is 25.5 Å². The molecule has 10 heteroatoms. The summed E-state index contributed by atoms with van der Waals surface area (Å²) >= 11 is 5.85. The average Bonchev–Trinajstić information content (AvgIpc) is 3.08. The number of sulfonamides is 1. The fraction of sp³-hybridized carbons (Fsp3) is 0.467. The first-order chi connectivity index (χ1) is 11.6. The Labute approximate surface area is 151 Å². The van der Waals surface area contributed by atoms with E-state index in [0.29, 0.717) is 6.42 Å². The molecule has 1 saturated carbocycles. The van der Waals surface area contributed by atoms with E-state index in [1.54, 1.807) is 26.8 Å². The topological polar surface area (TPSA) is 114 Å². The second-order valence-electron chi connectivity index (χ2n) is 6.30. The number of carbonyl (C=O) groups excluding carboxylic acids is 2. The minimum atomic E-state index is -4.05. The number of ether oxygens (including phenoxy) is 1. The van der Waals surface area contributed by atoms with E-state index in [1.165, 1.54) is 18.2 Å². The van der Waals surface area contributed by atoms with Crippen LogP contribution in [0.4, 0.5) is 4.79 Å². The van der Waals surface area contributed by atoms with Crippen LogP contribution in [0.25, 0.3) is 0 Å². The molecule has 25 heavy (non-hydrogen) atoms. The number of hydrogen-bond donors (Lipinski definition) is 3. The van der Waals surface area contributed by atoms with E-state index < -0.39 is 33.0 Å². The van der Waals surface area contributed by atoms with Gasteiger partial charge in [0, 0.05) is 5.41 Å². The summed E-state index contributed by atoms with van der Waals surface area (Å²) in [5.74, 6) is -0.552. The van der Waals surface area contributed by atoms with Crippen molar-refractivity contribution in [2.45, 2.75) is 37.6 Å². The zero-order valence-corrected chi connectivity index (χ0v) is 15.6. The quantitative estimate of drug-likeness (QED) is 0.504. The van der Waals surface area contributed by atoms with Gasteiger partial charge in [-0.25, -0.2) is 18.0 Å². The van der Waals surface area contributed by atoms with E-state index in [0.717, 1.165) is 0 Å². The van der Waals surface area contributed by atoms with Gasteiger partial charge in [-0.3, -0.25) is 5.43 Å². The van der Waals surface area contributed by atoms with Gasteiger partial charge in [0.15, 0.2) is 0 Å². The standard InChI is InChI=1S/C15H20ClN3O5S/c1-4-24-12(20)15(9-14(15,2)3)17-13(21)18-19-25(22,23)11-8-6-5-7-10(11)16/h5-8,19H,4,9H2,1-3H3,(H2,17,18,21). The lowest BCUT2D eigenvalue weighted by Crippen LogP contribution is -2.55. The molecule has 1 aliphatic carbocycles. The minimum Gasteiger partial charge on any atom is -0.464 e. The fourth-order valence-electron chi connectivity index (χ4n) is 2.54. The molecule has 0 aliphatic heterocycles. The van der Waals surface area contributed by atoms with Crippen molar-refractivity contribution in [3.63, 3.8) is 0 Å². The minimum absolute atomic E-state index is 0.0172. The second kappa shape index (κ2) is 6.81. The van der Waals surface area contributed by atoms with Gasteiger partial charge in [-0.15, -0.1) is 4.83 Å². The normalized spacial score (nSPS) is 21.3. The molecule has 1 atom stereocenters. The molecule has 0 heterocycles. The Morgan fingerprint density at radius 3 is 2.40 bits per heavy atom. The van der Waals surface area contributed by atoms with Crippen LogP contribution in [-0.4, -0.2) is 32.6 Å². The third-order valence-corrected chi connectivity index (χ3v) is 5.86. The predicted octanol–water partition coefficient (Wildman–Crippen LogP) is 1.56. The first-order valence-electron chi connectivity index (χ1n) is 7.57. The summed E-state index contributed by atoms with van der Waals surface area (Å²) in [5, 5.41) is 2.51. The van der Waals surface area contributed by atoms with E-state index in [1.807, 2.05) is 10.3 Å². The summed E-state index contributed by atoms with van der Waals surface area (Å²) in [5.41, 5.74) is 0.360. The number of benzene rings is 1. The van der Waals surface area contributed by atoms with Gasteiger partial charge in [0.05, 0.1) is 11.6 Å². The van der Waals surface area contributed by atoms with Crippen LogP contribution < -0.4 is 15.6 Å². The Bertz CT molecular complexity index is 796. The maximum Gasteiger partial charge on any atom is 0.332 e. The first-order valence-corrected chi connectivity index (χ1v) is 9.43. The average molecular weight is 390 g/mol. The lowest BCUT2D eigenvalue weighted by atomic mass is 10.1. The smallest absolute Gasteiger partial charge is 0.332 e. The van der Waals surface area contributed by atoms with Crippen LogP contribution in [-0.2, 0) is 19.6 Å². The van der Waals surface area contributed by atoms with Crippen LogP contribution in [0, 0.1) is 5.41 Å². The van der Waals surface area contributed by atoms with Crippen molar-refractivity contribution in [2.75, 3.05) is 6.61 Å². The summed E-state index contributed by atoms with van der Waals surface area (Å²) in [6.45, 7) is 5.45. The van der Waals surface area contributed by atoms with Crippen LogP contribution in [0.5, 0.6) is 0 Å². The highest BCUT2D eigenvalue weighted by atomic mass is 35.5. The van der Waals surface area contributed by atoms with Gasteiger partial charge >= 0.3 is 12.0 Å². The molecule has 1 aliphatic rings. The predicted molar refractivity (Wildman–Crippen MR) is 91.2 cm³/mol. The highest BCUT2D eigenvalue weighted by molar-refractivity contribution is 7.89. The number of halogens is 1. The Kier molecular flexibility index (Phi) is 5.31. The van der Waals surface area contributed by atoms with Crippen molar-refractivity contribution < 1.29 is 22.7 Å². The SMILES string of the molecule is CCOC(=O)C1(NC(=O)NNS(=O)(=O)c2ccccc2Cl)CC1(C)C. The maximum atomic E-state index is 12.2. The summed E-state index contributed by atoms with van der Waals surface area (Å²) in [6.07, 6.45) is 0.392. The van der Waals surface area contributed by atoms with Gasteiger partial charge in [-0.2, -0.15) is 0 Å². The van der Waals surface area contributed by atoms with E-state index >= 15 is 0 Å². The maximum absolute atomic E-state index is 12.2. The Morgan fingerprint density at radius 2 is 1.88 bits per heavy atom. The Hall–Kier alpha value is -1.84. The van der Waals surface area contributed by atoms with Crippen molar-refractivity contribution >= 4 is 33.6 Å². The van der Waals surface area contributed by atoms with Gasteiger partial charge in [0.25, 0.3) is 10.0 Å². The molecule has 0 saturated heterocycles. The van der Waals surface area contributed by atoms with E-state index in [9.17, 15) is 18.0 Å². The largest absolute Gasteiger partial charge is 0.464 e. The third-order valence-electron chi connectivity index (χ3n) is 4.11. The van der Waals surface area contributed by atoms with Crippen LogP contribution in [0.15, 0.2) is 29.2 Å². The molecule has 1 unspecified atom stereocenters. The highest BCUT2D eigenvalue weighted by Crippen LogP contribution is 2.56. The van der Waals surface area contributed by atoms with E-state index in [2.05, 4.69) is 5.32 Å². The van der Waals surface area contributed by atoms with Gasteiger partial charge in [0.2, 0.25) is 0 Å². The zero-order chi connectivity index (χ0) is 18.9. The highest BCUT2D eigenvalue weighted by Gasteiger charge is 2.68. The van der Waals surface area contributed by atoms with Crippen molar-refractivity contribution in [3.05, 3.63) is 29.3 Å². The molecule has 3 N–H and O–H groups in total. The van der Waals surface area contributed by atoms with Crippen LogP contribution in [0.2, 0.25) is 5.02 Å². The third kappa shape index (κ3) is 3.88. The summed E-state index contributed by atoms with van der Waals surface area (Å²) in [6, 6.07) is 4.93. The van der Waals surface area contributed by atoms with Crippen molar-refractivity contribution in [1.82, 2.24) is 15.6 Å². The number of nitrogens with one attached hydrogen (secondary N) is 3. The number of hydrogen-bond acceptors (Lipinski definition) is 5. The fourth-order valence-corrected chi connectivity index (χ4v) is 3.90. The number of carbonyl (C=O) groups is 2. The van der Waals surface area contributed by atoms with Gasteiger partial charge < -0.3 is 10.1 Å². The van der Waals surface area contributed by atoms with E-state index in [-0.39, 0.29) is 16.5 Å². The molecule has 0 aromatic heterocycles. The number of urea groups is 1. The molecule has 0 radical (unpaired) electrons. The first kappa shape index (κ1) is 19.5. The van der Waals surface area contributed by atoms with Gasteiger partial charge in [-0.1, -0.05) is 37.6 Å². The lowest BCUT2D eigenvalue weighted by Gasteiger charge is -2.20. The van der Waals surface area contributed by atoms with E-state index in [4.69, 9.17) is 16.3 Å². The van der Waals surface area contributed by atoms with Crippen LogP contribution >= 0.6 is 11.6 Å². The molecular formula is C15H20ClN3O5S. The molecule has 2 amide bonds. The molecule has 0 spiro atoms. The monoisotopic (exact) mass is 389 g/mol. The Morgan fingerprint density at radius 1 is 1.28 bits per heavy atom. The molecule has 2 rings (SSSR count). The van der Waals surface area contributed by atoms with Crippen molar-refractivity contribution in [1.29, 1.82) is 0 Å². The van der Waals surface area contributed by atoms with Crippen molar-refractivity contribution in [3.8, 4) is 0 Å². The number of esters is 1.